The molecule has 43 heavy (non-hydrogen) atoms. The molecule has 0 fully saturated rings. The van der Waals surface area contributed by atoms with E-state index in [2.05, 4.69) is 59.1 Å². The van der Waals surface area contributed by atoms with E-state index in [4.69, 9.17) is 13.1 Å². The van der Waals surface area contributed by atoms with Gasteiger partial charge in [0.25, 0.3) is 0 Å². The lowest BCUT2D eigenvalue weighted by Crippen LogP contribution is -1.88. The summed E-state index contributed by atoms with van der Waals surface area (Å²) in [7, 11) is 0. The first-order chi connectivity index (χ1) is 20.3. The predicted octanol–water partition coefficient (Wildman–Crippen LogP) is 11.0. The number of phenolic OH excluding ortho intramolecular Hbond substituents is 1. The molecule has 5 nitrogen and oxygen atoms in total. The molecule has 0 spiro atoms. The van der Waals surface area contributed by atoms with Crippen LogP contribution in [0.3, 0.4) is 0 Å². The van der Waals surface area contributed by atoms with Crippen LogP contribution in [-0.4, -0.2) is 5.11 Å². The largest absolute Gasteiger partial charge is 0.508 e. The Bertz CT molecular complexity index is 1460. The smallest absolute Gasteiger partial charge is 0.212 e. The lowest BCUT2D eigenvalue weighted by Gasteiger charge is -2.05. The van der Waals surface area contributed by atoms with Gasteiger partial charge in [-0.15, -0.1) is 0 Å². The first kappa shape index (κ1) is 36.6. The van der Waals surface area contributed by atoms with E-state index in [9.17, 15) is 15.6 Å². The van der Waals surface area contributed by atoms with Crippen LogP contribution >= 0.6 is 37.2 Å². The number of aromatic hydroxyl groups is 1. The second-order valence-corrected chi connectivity index (χ2v) is 9.04. The molecular weight excluding hydrogens is 758 g/mol. The van der Waals surface area contributed by atoms with E-state index in [0.29, 0.717) is 22.4 Å². The molecule has 0 amide bonds. The van der Waals surface area contributed by atoms with E-state index in [0.717, 1.165) is 33.4 Å². The molecule has 0 unspecified atom stereocenters. The average Bonchev–Trinajstić information content (AvgIpc) is 3.02. The van der Waals surface area contributed by atoms with Crippen LogP contribution in [0.15, 0.2) is 97.1 Å². The van der Waals surface area contributed by atoms with Crippen molar-refractivity contribution in [1.29, 1.82) is 10.5 Å². The SMILES string of the molecule is C.II.[C-]#[N+]/C(=C(/C#N)c1ccc(C)cc1)c1ccc(C)cc1.[C-]#[N+]/C(=C(/C#N)c1ccc(C)cc1)c1ccc(O)cc1. The van der Waals surface area contributed by atoms with Gasteiger partial charge in [0.1, 0.15) is 5.75 Å². The number of halogens is 2. The molecule has 0 saturated carbocycles. The van der Waals surface area contributed by atoms with Gasteiger partial charge in [-0.3, -0.25) is 0 Å². The highest BCUT2D eigenvalue weighted by Crippen LogP contribution is 2.29. The Morgan fingerprint density at radius 2 is 0.814 bits per heavy atom. The lowest BCUT2D eigenvalue weighted by molar-refractivity contribution is 0.475. The quantitative estimate of drug-likeness (QED) is 0.0968. The van der Waals surface area contributed by atoms with E-state index in [1.807, 2.05) is 93.6 Å². The molecule has 0 saturated heterocycles. The third-order valence-electron chi connectivity index (χ3n) is 6.07. The zero-order valence-electron chi connectivity index (χ0n) is 23.2. The molecule has 0 heterocycles. The van der Waals surface area contributed by atoms with Gasteiger partial charge in [0.2, 0.25) is 11.4 Å². The average molecular weight is 788 g/mol. The van der Waals surface area contributed by atoms with Gasteiger partial charge in [-0.05, 0) is 55.2 Å². The number of phenols is 1. The van der Waals surface area contributed by atoms with Gasteiger partial charge >= 0.3 is 0 Å². The van der Waals surface area contributed by atoms with Crippen molar-refractivity contribution in [3.63, 3.8) is 0 Å². The highest BCUT2D eigenvalue weighted by atomic mass is 128. The number of hydrogen-bond acceptors (Lipinski definition) is 3. The minimum atomic E-state index is 0. The third kappa shape index (κ3) is 10.4. The standard InChI is InChI=1S/C18H14N2.C17H12N2O.CH4.I2/c1-13-4-8-15(9-5-13)17(12-19)18(20-3)16-10-6-14(2)7-11-16;1-12-3-5-13(6-4-12)16(11-18)17(19-2)14-7-9-15(20)10-8-14;;1-2/h4-11H,1-2H3;3-10,20H,1H3;1H4;/b18-17-;17-16-;;. The fourth-order valence-corrected chi connectivity index (χ4v) is 3.81. The molecule has 0 aromatic heterocycles. The van der Waals surface area contributed by atoms with Crippen molar-refractivity contribution in [2.45, 2.75) is 28.2 Å². The van der Waals surface area contributed by atoms with E-state index in [1.165, 1.54) is 12.1 Å². The zero-order chi connectivity index (χ0) is 31.1. The fraction of sp³-hybridized carbons (Fsp3) is 0.111. The number of nitriles is 2. The molecule has 7 heteroatoms. The molecule has 0 aliphatic carbocycles. The van der Waals surface area contributed by atoms with Crippen molar-refractivity contribution < 1.29 is 5.11 Å². The highest BCUT2D eigenvalue weighted by Gasteiger charge is 2.13. The van der Waals surface area contributed by atoms with Gasteiger partial charge in [-0.2, -0.15) is 10.5 Å². The summed E-state index contributed by atoms with van der Waals surface area (Å²) in [6, 6.07) is 33.4. The molecule has 0 aliphatic rings. The van der Waals surface area contributed by atoms with Gasteiger partial charge in [-0.1, -0.05) is 109 Å². The Morgan fingerprint density at radius 1 is 0.558 bits per heavy atom. The number of hydrogen-bond donors (Lipinski definition) is 1. The Kier molecular flexibility index (Phi) is 16.1. The molecule has 1 N–H and O–H groups in total. The van der Waals surface area contributed by atoms with Gasteiger partial charge in [0.15, 0.2) is 0 Å². The van der Waals surface area contributed by atoms with Crippen LogP contribution in [0.2, 0.25) is 0 Å². The molecule has 4 rings (SSSR count). The van der Waals surface area contributed by atoms with Gasteiger partial charge < -0.3 is 5.11 Å². The lowest BCUT2D eigenvalue weighted by atomic mass is 9.99. The van der Waals surface area contributed by atoms with Crippen LogP contribution in [0.1, 0.15) is 46.4 Å². The van der Waals surface area contributed by atoms with Crippen LogP contribution < -0.4 is 0 Å². The summed E-state index contributed by atoms with van der Waals surface area (Å²) in [4.78, 5) is 7.05. The number of allylic oxidation sites excluding steroid dienone is 2. The molecule has 0 bridgehead atoms. The summed E-state index contributed by atoms with van der Waals surface area (Å²) >= 11 is 4.24. The maximum Gasteiger partial charge on any atom is 0.212 e. The second kappa shape index (κ2) is 18.9. The van der Waals surface area contributed by atoms with Crippen molar-refractivity contribution >= 4 is 59.8 Å². The van der Waals surface area contributed by atoms with Gasteiger partial charge in [-0.25, -0.2) is 9.69 Å². The van der Waals surface area contributed by atoms with Gasteiger partial charge in [0.05, 0.1) is 36.4 Å². The first-order valence-corrected chi connectivity index (χ1v) is 18.8. The maximum atomic E-state index is 9.41. The fourth-order valence-electron chi connectivity index (χ4n) is 3.81. The van der Waals surface area contributed by atoms with Crippen molar-refractivity contribution in [3.05, 3.63) is 159 Å². The van der Waals surface area contributed by atoms with E-state index < -0.39 is 0 Å². The normalized spacial score (nSPS) is 10.5. The Labute approximate surface area is 278 Å². The molecular formula is C36H30I2N4O. The second-order valence-electron chi connectivity index (χ2n) is 9.04. The van der Waals surface area contributed by atoms with Gasteiger partial charge in [0, 0.05) is 37.2 Å². The Morgan fingerprint density at radius 3 is 1.07 bits per heavy atom. The monoisotopic (exact) mass is 788 g/mol. The Hall–Kier alpha value is -4.42. The minimum absolute atomic E-state index is 0. The molecule has 0 atom stereocenters. The summed E-state index contributed by atoms with van der Waals surface area (Å²) in [6.45, 7) is 20.7. The molecule has 214 valence electrons. The third-order valence-corrected chi connectivity index (χ3v) is 6.07. The summed E-state index contributed by atoms with van der Waals surface area (Å²) in [5, 5.41) is 28.1. The molecule has 0 radical (unpaired) electrons. The summed E-state index contributed by atoms with van der Waals surface area (Å²) in [5.41, 5.74) is 7.71. The van der Waals surface area contributed by atoms with Crippen molar-refractivity contribution in [3.8, 4) is 17.9 Å². The number of nitrogens with zero attached hydrogens (tertiary/aromatic N) is 4. The van der Waals surface area contributed by atoms with Crippen LogP contribution in [-0.2, 0) is 0 Å². The van der Waals surface area contributed by atoms with Crippen molar-refractivity contribution in [2.75, 3.05) is 0 Å². The van der Waals surface area contributed by atoms with Crippen LogP contribution in [0.5, 0.6) is 5.75 Å². The summed E-state index contributed by atoms with van der Waals surface area (Å²) in [5.74, 6) is 0.131. The number of rotatable bonds is 4. The van der Waals surface area contributed by atoms with Crippen LogP contribution in [0.25, 0.3) is 32.2 Å². The molecule has 4 aromatic carbocycles. The topological polar surface area (TPSA) is 76.5 Å². The summed E-state index contributed by atoms with van der Waals surface area (Å²) < 4.78 is 0. The number of aryl methyl sites for hydroxylation is 3. The van der Waals surface area contributed by atoms with E-state index >= 15 is 0 Å². The first-order valence-electron chi connectivity index (χ1n) is 12.5. The minimum Gasteiger partial charge on any atom is -0.508 e. The summed E-state index contributed by atoms with van der Waals surface area (Å²) in [6.07, 6.45) is 0. The zero-order valence-corrected chi connectivity index (χ0v) is 27.5. The van der Waals surface area contributed by atoms with E-state index in [-0.39, 0.29) is 18.9 Å². The molecule has 0 aliphatic heterocycles. The maximum absolute atomic E-state index is 9.41. The van der Waals surface area contributed by atoms with E-state index in [1.54, 1.807) is 12.1 Å². The Balaban J connectivity index is 0.000000398. The number of benzene rings is 4. The van der Waals surface area contributed by atoms with Crippen molar-refractivity contribution in [1.82, 2.24) is 0 Å². The van der Waals surface area contributed by atoms with Crippen LogP contribution in [0.4, 0.5) is 0 Å². The highest BCUT2D eigenvalue weighted by molar-refractivity contribution is 15.0. The van der Waals surface area contributed by atoms with Crippen molar-refractivity contribution in [2.24, 2.45) is 0 Å². The predicted molar refractivity (Wildman–Crippen MR) is 194 cm³/mol. The van der Waals surface area contributed by atoms with Crippen LogP contribution in [0, 0.1) is 56.6 Å². The molecule has 4 aromatic rings.